The number of hydrogen-bond acceptors (Lipinski definition) is 5. The lowest BCUT2D eigenvalue weighted by atomic mass is 10.2. The lowest BCUT2D eigenvalue weighted by molar-refractivity contribution is 0.0947. The van der Waals surface area contributed by atoms with Crippen LogP contribution in [0.4, 0.5) is 0 Å². The number of nitrogens with zero attached hydrogens (tertiary/aromatic N) is 3. The fourth-order valence-corrected chi connectivity index (χ4v) is 3.97. The molecule has 4 aromatic rings. The van der Waals surface area contributed by atoms with Gasteiger partial charge in [-0.1, -0.05) is 18.2 Å². The summed E-state index contributed by atoms with van der Waals surface area (Å²) in [5.41, 5.74) is 2.69. The molecule has 2 aromatic heterocycles. The standard InChI is InChI=1S/C28H30N4O3/c1-31-26-10-9-25(20-24(26)8-11-27(31)33)35-19-5-17-32(21-22-12-14-29-15-13-22)18-16-30-28(34)23-6-3-2-4-7-23/h2-4,6-15,20H,5,16-19,21H2,1H3,(H,30,34). The molecule has 0 unspecified atom stereocenters. The van der Waals surface area contributed by atoms with Crippen LogP contribution < -0.4 is 15.6 Å². The number of aryl methyl sites for hydroxylation is 1. The molecule has 0 fully saturated rings. The largest absolute Gasteiger partial charge is 0.494 e. The molecule has 7 nitrogen and oxygen atoms in total. The molecule has 2 aromatic carbocycles. The highest BCUT2D eigenvalue weighted by atomic mass is 16.5. The smallest absolute Gasteiger partial charge is 0.251 e. The van der Waals surface area contributed by atoms with Crippen LogP contribution in [0.2, 0.25) is 0 Å². The number of fused-ring (bicyclic) bond motifs is 1. The summed E-state index contributed by atoms with van der Waals surface area (Å²) in [6, 6.07) is 22.4. The Morgan fingerprint density at radius 1 is 1.00 bits per heavy atom. The van der Waals surface area contributed by atoms with Crippen molar-refractivity contribution < 1.29 is 9.53 Å². The second kappa shape index (κ2) is 11.9. The Kier molecular flexibility index (Phi) is 8.25. The van der Waals surface area contributed by atoms with Crippen LogP contribution in [0, 0.1) is 0 Å². The van der Waals surface area contributed by atoms with Gasteiger partial charge in [-0.15, -0.1) is 0 Å². The Morgan fingerprint density at radius 2 is 1.80 bits per heavy atom. The van der Waals surface area contributed by atoms with Gasteiger partial charge >= 0.3 is 0 Å². The predicted octanol–water partition coefficient (Wildman–Crippen LogP) is 3.63. The van der Waals surface area contributed by atoms with E-state index in [1.54, 1.807) is 30.1 Å². The third kappa shape index (κ3) is 6.77. The van der Waals surface area contributed by atoms with Crippen molar-refractivity contribution in [3.8, 4) is 5.75 Å². The van der Waals surface area contributed by atoms with Crippen molar-refractivity contribution in [1.82, 2.24) is 19.8 Å². The molecule has 0 spiro atoms. The van der Waals surface area contributed by atoms with E-state index in [1.165, 1.54) is 5.56 Å². The summed E-state index contributed by atoms with van der Waals surface area (Å²) in [7, 11) is 1.77. The summed E-state index contributed by atoms with van der Waals surface area (Å²) in [6.07, 6.45) is 4.43. The van der Waals surface area contributed by atoms with Gasteiger partial charge in [0.05, 0.1) is 12.1 Å². The van der Waals surface area contributed by atoms with Gasteiger partial charge in [0.2, 0.25) is 0 Å². The first-order valence-corrected chi connectivity index (χ1v) is 11.8. The highest BCUT2D eigenvalue weighted by Crippen LogP contribution is 2.19. The van der Waals surface area contributed by atoms with Crippen LogP contribution >= 0.6 is 0 Å². The van der Waals surface area contributed by atoms with Crippen LogP contribution in [0.1, 0.15) is 22.3 Å². The molecular formula is C28H30N4O3. The number of ether oxygens (including phenoxy) is 1. The van der Waals surface area contributed by atoms with Crippen LogP contribution in [0.3, 0.4) is 0 Å². The maximum atomic E-state index is 12.4. The SMILES string of the molecule is Cn1c(=O)ccc2cc(OCCCN(CCNC(=O)c3ccccc3)Cc3ccncc3)ccc21. The van der Waals surface area contributed by atoms with Crippen LogP contribution in [0.15, 0.2) is 90.0 Å². The average Bonchev–Trinajstić information content (AvgIpc) is 2.89. The summed E-state index contributed by atoms with van der Waals surface area (Å²) >= 11 is 0. The van der Waals surface area contributed by atoms with Gasteiger partial charge in [-0.25, -0.2) is 0 Å². The van der Waals surface area contributed by atoms with Crippen LogP contribution in [-0.2, 0) is 13.6 Å². The number of amides is 1. The van der Waals surface area contributed by atoms with E-state index in [2.05, 4.69) is 15.2 Å². The van der Waals surface area contributed by atoms with Gasteiger partial charge in [-0.3, -0.25) is 19.5 Å². The van der Waals surface area contributed by atoms with Crippen molar-refractivity contribution in [2.75, 3.05) is 26.2 Å². The maximum Gasteiger partial charge on any atom is 0.251 e. The summed E-state index contributed by atoms with van der Waals surface area (Å²) in [4.78, 5) is 30.6. The highest BCUT2D eigenvalue weighted by molar-refractivity contribution is 5.94. The molecule has 0 aliphatic heterocycles. The van der Waals surface area contributed by atoms with Crippen molar-refractivity contribution in [3.63, 3.8) is 0 Å². The average molecular weight is 471 g/mol. The number of benzene rings is 2. The molecule has 0 saturated heterocycles. The van der Waals surface area contributed by atoms with Crippen molar-refractivity contribution in [2.24, 2.45) is 7.05 Å². The minimum Gasteiger partial charge on any atom is -0.494 e. The van der Waals surface area contributed by atoms with Gasteiger partial charge in [0.15, 0.2) is 0 Å². The number of nitrogens with one attached hydrogen (secondary N) is 1. The maximum absolute atomic E-state index is 12.4. The molecule has 7 heteroatoms. The van der Waals surface area contributed by atoms with E-state index in [0.717, 1.165) is 42.7 Å². The van der Waals surface area contributed by atoms with Gasteiger partial charge in [0.25, 0.3) is 11.5 Å². The van der Waals surface area contributed by atoms with Crippen molar-refractivity contribution in [1.29, 1.82) is 0 Å². The third-order valence-electron chi connectivity index (χ3n) is 5.89. The van der Waals surface area contributed by atoms with Gasteiger partial charge in [0, 0.05) is 62.6 Å². The van der Waals surface area contributed by atoms with Crippen molar-refractivity contribution >= 4 is 16.8 Å². The first kappa shape index (κ1) is 24.2. The van der Waals surface area contributed by atoms with E-state index in [4.69, 9.17) is 4.74 Å². The Bertz CT molecular complexity index is 1310. The summed E-state index contributed by atoms with van der Waals surface area (Å²) in [6.45, 7) is 3.45. The van der Waals surface area contributed by atoms with Gasteiger partial charge in [0.1, 0.15) is 5.75 Å². The van der Waals surface area contributed by atoms with Gasteiger partial charge in [-0.2, -0.15) is 0 Å². The number of carbonyl (C=O) groups is 1. The second-order valence-electron chi connectivity index (χ2n) is 8.41. The molecule has 0 atom stereocenters. The van der Waals surface area contributed by atoms with E-state index >= 15 is 0 Å². The number of carbonyl (C=O) groups excluding carboxylic acids is 1. The lowest BCUT2D eigenvalue weighted by Crippen LogP contribution is -2.35. The number of pyridine rings is 2. The topological polar surface area (TPSA) is 76.5 Å². The molecule has 0 aliphatic carbocycles. The molecule has 0 radical (unpaired) electrons. The minimum absolute atomic E-state index is 0.0274. The molecule has 180 valence electrons. The minimum atomic E-state index is -0.0633. The molecule has 35 heavy (non-hydrogen) atoms. The van der Waals surface area contributed by atoms with E-state index in [1.807, 2.05) is 66.7 Å². The Balaban J connectivity index is 1.30. The van der Waals surface area contributed by atoms with E-state index in [0.29, 0.717) is 18.7 Å². The predicted molar refractivity (Wildman–Crippen MR) is 138 cm³/mol. The number of aromatic nitrogens is 2. The Morgan fingerprint density at radius 3 is 2.60 bits per heavy atom. The zero-order valence-electron chi connectivity index (χ0n) is 19.9. The molecule has 0 bridgehead atoms. The fourth-order valence-electron chi connectivity index (χ4n) is 3.97. The highest BCUT2D eigenvalue weighted by Gasteiger charge is 2.09. The van der Waals surface area contributed by atoms with Gasteiger partial charge in [-0.05, 0) is 60.5 Å². The van der Waals surface area contributed by atoms with E-state index < -0.39 is 0 Å². The molecule has 1 amide bonds. The summed E-state index contributed by atoms with van der Waals surface area (Å²) in [5.74, 6) is 0.721. The van der Waals surface area contributed by atoms with Crippen LogP contribution in [0.5, 0.6) is 5.75 Å². The molecule has 2 heterocycles. The third-order valence-corrected chi connectivity index (χ3v) is 5.89. The summed E-state index contributed by atoms with van der Waals surface area (Å²) < 4.78 is 7.62. The number of hydrogen-bond donors (Lipinski definition) is 1. The second-order valence-corrected chi connectivity index (χ2v) is 8.41. The van der Waals surface area contributed by atoms with Gasteiger partial charge < -0.3 is 14.6 Å². The molecule has 4 rings (SSSR count). The lowest BCUT2D eigenvalue weighted by Gasteiger charge is -2.22. The van der Waals surface area contributed by atoms with Crippen LogP contribution in [-0.4, -0.2) is 46.6 Å². The molecule has 0 saturated carbocycles. The normalized spacial score (nSPS) is 11.0. The first-order chi connectivity index (χ1) is 17.1. The molecule has 0 aliphatic rings. The Hall–Kier alpha value is -3.97. The molecule has 1 N–H and O–H groups in total. The molecular weight excluding hydrogens is 440 g/mol. The zero-order valence-corrected chi connectivity index (χ0v) is 19.9. The monoisotopic (exact) mass is 470 g/mol. The fraction of sp³-hybridized carbons (Fsp3) is 0.250. The summed E-state index contributed by atoms with van der Waals surface area (Å²) in [5, 5.41) is 3.98. The quantitative estimate of drug-likeness (QED) is 0.339. The van der Waals surface area contributed by atoms with Crippen molar-refractivity contribution in [3.05, 3.63) is 107 Å². The zero-order chi connectivity index (χ0) is 24.5. The van der Waals surface area contributed by atoms with Crippen LogP contribution in [0.25, 0.3) is 10.9 Å². The van der Waals surface area contributed by atoms with Crippen molar-refractivity contribution in [2.45, 2.75) is 13.0 Å². The first-order valence-electron chi connectivity index (χ1n) is 11.8. The number of rotatable bonds is 11. The Labute approximate surface area is 205 Å². The van der Waals surface area contributed by atoms with E-state index in [9.17, 15) is 9.59 Å². The van der Waals surface area contributed by atoms with E-state index in [-0.39, 0.29) is 11.5 Å².